The Bertz CT molecular complexity index is 1110. The molecule has 1 aromatic heterocycles. The van der Waals surface area contributed by atoms with Crippen LogP contribution in [0.3, 0.4) is 0 Å². The SMILES string of the molecule is Cc1cc(=O)c(C(=O)NCc2ccc(Cl)cc2)c(CCc2ccccc2)n1CCN(C)C. The lowest BCUT2D eigenvalue weighted by atomic mass is 10.0. The van der Waals surface area contributed by atoms with Gasteiger partial charge in [0, 0.05) is 42.1 Å². The monoisotopic (exact) mass is 451 g/mol. The van der Waals surface area contributed by atoms with Gasteiger partial charge in [-0.2, -0.15) is 0 Å². The summed E-state index contributed by atoms with van der Waals surface area (Å²) in [6.07, 6.45) is 1.36. The van der Waals surface area contributed by atoms with Crippen LogP contribution in [0.4, 0.5) is 0 Å². The second kappa shape index (κ2) is 11.1. The van der Waals surface area contributed by atoms with Crippen LogP contribution in [0.2, 0.25) is 5.02 Å². The third-order valence-electron chi connectivity index (χ3n) is 5.48. The van der Waals surface area contributed by atoms with E-state index in [9.17, 15) is 9.59 Å². The zero-order chi connectivity index (χ0) is 23.1. The molecular weight excluding hydrogens is 422 g/mol. The summed E-state index contributed by atoms with van der Waals surface area (Å²) >= 11 is 5.95. The Kier molecular flexibility index (Phi) is 8.26. The fraction of sp³-hybridized carbons (Fsp3) is 0.308. The fourth-order valence-corrected chi connectivity index (χ4v) is 3.85. The average Bonchev–Trinajstić information content (AvgIpc) is 2.77. The van der Waals surface area contributed by atoms with Gasteiger partial charge >= 0.3 is 0 Å². The van der Waals surface area contributed by atoms with Crippen molar-refractivity contribution in [1.29, 1.82) is 0 Å². The fourth-order valence-electron chi connectivity index (χ4n) is 3.72. The molecular formula is C26H30ClN3O2. The summed E-state index contributed by atoms with van der Waals surface area (Å²) in [6, 6.07) is 19.0. The molecule has 0 fully saturated rings. The molecule has 1 heterocycles. The van der Waals surface area contributed by atoms with E-state index in [2.05, 4.69) is 26.9 Å². The maximum absolute atomic E-state index is 13.2. The number of pyridine rings is 1. The Morgan fingerprint density at radius 3 is 2.34 bits per heavy atom. The summed E-state index contributed by atoms with van der Waals surface area (Å²) in [7, 11) is 4.03. The Morgan fingerprint density at radius 1 is 1.00 bits per heavy atom. The van der Waals surface area contributed by atoms with Gasteiger partial charge in [-0.25, -0.2) is 0 Å². The highest BCUT2D eigenvalue weighted by Gasteiger charge is 2.20. The first kappa shape index (κ1) is 23.8. The van der Waals surface area contributed by atoms with Crippen molar-refractivity contribution in [2.45, 2.75) is 32.9 Å². The summed E-state index contributed by atoms with van der Waals surface area (Å²) in [5.74, 6) is -0.341. The number of nitrogens with one attached hydrogen (secondary N) is 1. The smallest absolute Gasteiger partial charge is 0.257 e. The van der Waals surface area contributed by atoms with Gasteiger partial charge in [0.1, 0.15) is 5.56 Å². The van der Waals surface area contributed by atoms with Crippen LogP contribution >= 0.6 is 11.6 Å². The lowest BCUT2D eigenvalue weighted by molar-refractivity contribution is 0.0947. The van der Waals surface area contributed by atoms with Gasteiger partial charge in [0.2, 0.25) is 0 Å². The molecule has 1 N–H and O–H groups in total. The molecule has 6 heteroatoms. The first-order valence-electron chi connectivity index (χ1n) is 10.8. The van der Waals surface area contributed by atoms with Gasteiger partial charge in [-0.05, 0) is 57.1 Å². The van der Waals surface area contributed by atoms with E-state index in [1.807, 2.05) is 51.4 Å². The molecule has 0 unspecified atom stereocenters. The molecule has 0 aliphatic heterocycles. The van der Waals surface area contributed by atoms with E-state index in [0.717, 1.165) is 29.9 Å². The van der Waals surface area contributed by atoms with Gasteiger partial charge in [0.15, 0.2) is 5.43 Å². The molecule has 168 valence electrons. The molecule has 0 saturated heterocycles. The van der Waals surface area contributed by atoms with Gasteiger partial charge in [-0.15, -0.1) is 0 Å². The van der Waals surface area contributed by atoms with Crippen LogP contribution in [0.15, 0.2) is 65.5 Å². The summed E-state index contributed by atoms with van der Waals surface area (Å²) in [5.41, 5.74) is 3.75. The predicted molar refractivity (Wildman–Crippen MR) is 130 cm³/mol. The highest BCUT2D eigenvalue weighted by atomic mass is 35.5. The third kappa shape index (κ3) is 6.31. The maximum Gasteiger partial charge on any atom is 0.257 e. The Balaban J connectivity index is 1.92. The minimum Gasteiger partial charge on any atom is -0.348 e. The van der Waals surface area contributed by atoms with E-state index in [4.69, 9.17) is 11.6 Å². The number of rotatable bonds is 9. The number of hydrogen-bond acceptors (Lipinski definition) is 3. The topological polar surface area (TPSA) is 54.3 Å². The molecule has 0 bridgehead atoms. The van der Waals surface area contributed by atoms with Crippen molar-refractivity contribution in [2.24, 2.45) is 0 Å². The first-order chi connectivity index (χ1) is 15.3. The summed E-state index contributed by atoms with van der Waals surface area (Å²) in [4.78, 5) is 28.2. The molecule has 3 rings (SSSR count). The number of benzene rings is 2. The first-order valence-corrected chi connectivity index (χ1v) is 11.2. The Hall–Kier alpha value is -2.89. The van der Waals surface area contributed by atoms with E-state index in [-0.39, 0.29) is 16.9 Å². The van der Waals surface area contributed by atoms with Crippen molar-refractivity contribution in [1.82, 2.24) is 14.8 Å². The van der Waals surface area contributed by atoms with Crippen LogP contribution in [0.1, 0.15) is 32.9 Å². The number of aryl methyl sites for hydroxylation is 2. The normalized spacial score (nSPS) is 11.0. The molecule has 2 aromatic carbocycles. The summed E-state index contributed by atoms with van der Waals surface area (Å²) in [5, 5.41) is 3.56. The van der Waals surface area contributed by atoms with Crippen molar-refractivity contribution in [3.8, 4) is 0 Å². The van der Waals surface area contributed by atoms with Crippen LogP contribution in [-0.4, -0.2) is 36.0 Å². The minimum atomic E-state index is -0.341. The molecule has 0 saturated carbocycles. The van der Waals surface area contributed by atoms with Crippen LogP contribution in [0.5, 0.6) is 0 Å². The van der Waals surface area contributed by atoms with Crippen molar-refractivity contribution < 1.29 is 4.79 Å². The zero-order valence-electron chi connectivity index (χ0n) is 18.9. The second-order valence-electron chi connectivity index (χ2n) is 8.22. The molecule has 3 aromatic rings. The second-order valence-corrected chi connectivity index (χ2v) is 8.66. The van der Waals surface area contributed by atoms with E-state index < -0.39 is 0 Å². The van der Waals surface area contributed by atoms with Crippen LogP contribution < -0.4 is 10.7 Å². The lowest BCUT2D eigenvalue weighted by Crippen LogP contribution is -2.33. The Morgan fingerprint density at radius 2 is 1.69 bits per heavy atom. The average molecular weight is 452 g/mol. The van der Waals surface area contributed by atoms with Crippen molar-refractivity contribution in [3.63, 3.8) is 0 Å². The van der Waals surface area contributed by atoms with Gasteiger partial charge in [0.25, 0.3) is 5.91 Å². The third-order valence-corrected chi connectivity index (χ3v) is 5.74. The quantitative estimate of drug-likeness (QED) is 0.533. The predicted octanol–water partition coefficient (Wildman–Crippen LogP) is 4.09. The molecule has 0 spiro atoms. The number of halogens is 1. The van der Waals surface area contributed by atoms with E-state index in [0.29, 0.717) is 24.5 Å². The zero-order valence-corrected chi connectivity index (χ0v) is 19.7. The van der Waals surface area contributed by atoms with Crippen LogP contribution in [0.25, 0.3) is 0 Å². The molecule has 0 atom stereocenters. The number of aromatic nitrogens is 1. The maximum atomic E-state index is 13.2. The Labute approximate surface area is 194 Å². The number of likely N-dealkylation sites (N-methyl/N-ethyl adjacent to an activating group) is 1. The van der Waals surface area contributed by atoms with Gasteiger partial charge < -0.3 is 14.8 Å². The summed E-state index contributed by atoms with van der Waals surface area (Å²) in [6.45, 7) is 3.78. The van der Waals surface area contributed by atoms with Crippen molar-refractivity contribution >= 4 is 17.5 Å². The molecule has 0 radical (unpaired) electrons. The van der Waals surface area contributed by atoms with Crippen LogP contribution in [0, 0.1) is 6.92 Å². The summed E-state index contributed by atoms with van der Waals surface area (Å²) < 4.78 is 2.11. The molecule has 5 nitrogen and oxygen atoms in total. The van der Waals surface area contributed by atoms with E-state index >= 15 is 0 Å². The van der Waals surface area contributed by atoms with E-state index in [1.165, 1.54) is 5.56 Å². The van der Waals surface area contributed by atoms with Crippen molar-refractivity contribution in [2.75, 3.05) is 20.6 Å². The number of nitrogens with zero attached hydrogens (tertiary/aromatic N) is 2. The van der Waals surface area contributed by atoms with Crippen molar-refractivity contribution in [3.05, 3.63) is 104 Å². The van der Waals surface area contributed by atoms with Gasteiger partial charge in [-0.3, -0.25) is 9.59 Å². The minimum absolute atomic E-state index is 0.235. The van der Waals surface area contributed by atoms with Gasteiger partial charge in [-0.1, -0.05) is 54.1 Å². The standard InChI is InChI=1S/C26H30ClN3O2/c1-19-17-24(31)25(26(32)28-18-21-9-12-22(27)13-10-21)23(30(19)16-15-29(2)3)14-11-20-7-5-4-6-8-20/h4-10,12-13,17H,11,14-16,18H2,1-3H3,(H,28,32). The number of carbonyl (C=O) groups excluding carboxylic acids is 1. The highest BCUT2D eigenvalue weighted by Crippen LogP contribution is 2.15. The highest BCUT2D eigenvalue weighted by molar-refractivity contribution is 6.30. The molecule has 32 heavy (non-hydrogen) atoms. The number of amides is 1. The van der Waals surface area contributed by atoms with Crippen LogP contribution in [-0.2, 0) is 25.9 Å². The molecule has 1 amide bonds. The van der Waals surface area contributed by atoms with Gasteiger partial charge in [0.05, 0.1) is 0 Å². The largest absolute Gasteiger partial charge is 0.348 e. The number of carbonyl (C=O) groups is 1. The molecule has 0 aliphatic rings. The lowest BCUT2D eigenvalue weighted by Gasteiger charge is -2.22. The number of hydrogen-bond donors (Lipinski definition) is 1. The van der Waals surface area contributed by atoms with E-state index in [1.54, 1.807) is 18.2 Å². The molecule has 0 aliphatic carbocycles.